The van der Waals surface area contributed by atoms with Crippen molar-refractivity contribution < 1.29 is 19.1 Å². The van der Waals surface area contributed by atoms with Crippen LogP contribution in [0.25, 0.3) is 0 Å². The molecule has 0 aliphatic carbocycles. The number of allylic oxidation sites excluding steroid dienone is 1. The van der Waals surface area contributed by atoms with Gasteiger partial charge in [-0.15, -0.1) is 18.4 Å². The minimum Gasteiger partial charge on any atom is -0.465 e. The maximum absolute atomic E-state index is 12.3. The second kappa shape index (κ2) is 9.30. The summed E-state index contributed by atoms with van der Waals surface area (Å²) in [5.74, 6) is 4.78. The summed E-state index contributed by atoms with van der Waals surface area (Å²) in [6.45, 7) is 13.7. The van der Waals surface area contributed by atoms with E-state index < -0.39 is 17.4 Å². The predicted octanol–water partition coefficient (Wildman–Crippen LogP) is 3.50. The van der Waals surface area contributed by atoms with Crippen molar-refractivity contribution >= 4 is 11.9 Å². The van der Waals surface area contributed by atoms with Crippen LogP contribution in [-0.4, -0.2) is 25.2 Å². The van der Waals surface area contributed by atoms with Crippen molar-refractivity contribution in [2.75, 3.05) is 13.2 Å². The molecule has 0 aromatic rings. The second-order valence-electron chi connectivity index (χ2n) is 6.28. The van der Waals surface area contributed by atoms with Crippen molar-refractivity contribution in [2.24, 2.45) is 10.8 Å². The minimum atomic E-state index is -1.42. The lowest BCUT2D eigenvalue weighted by Gasteiger charge is -2.26. The van der Waals surface area contributed by atoms with Gasteiger partial charge in [0.25, 0.3) is 0 Å². The molecule has 0 amide bonds. The highest BCUT2D eigenvalue weighted by molar-refractivity contribution is 6.00. The first kappa shape index (κ1) is 20.2. The molecule has 22 heavy (non-hydrogen) atoms. The maximum atomic E-state index is 12.3. The van der Waals surface area contributed by atoms with Crippen molar-refractivity contribution in [3.05, 3.63) is 12.7 Å². The molecule has 0 saturated heterocycles. The maximum Gasteiger partial charge on any atom is 0.324 e. The minimum absolute atomic E-state index is 0.0714. The third-order valence-electron chi connectivity index (χ3n) is 2.96. The summed E-state index contributed by atoms with van der Waals surface area (Å²) in [5, 5.41) is 0. The van der Waals surface area contributed by atoms with Gasteiger partial charge in [0.15, 0.2) is 5.41 Å². The van der Waals surface area contributed by atoms with Gasteiger partial charge in [-0.05, 0) is 25.7 Å². The molecule has 0 atom stereocenters. The average molecular weight is 308 g/mol. The first-order valence-electron chi connectivity index (χ1n) is 7.64. The van der Waals surface area contributed by atoms with Gasteiger partial charge in [-0.25, -0.2) is 0 Å². The molecule has 0 saturated carbocycles. The summed E-state index contributed by atoms with van der Waals surface area (Å²) in [4.78, 5) is 24.6. The first-order valence-corrected chi connectivity index (χ1v) is 7.64. The Morgan fingerprint density at radius 1 is 1.00 bits per heavy atom. The van der Waals surface area contributed by atoms with E-state index in [1.54, 1.807) is 13.8 Å². The van der Waals surface area contributed by atoms with Gasteiger partial charge in [0.1, 0.15) is 0 Å². The fourth-order valence-corrected chi connectivity index (χ4v) is 1.79. The molecular formula is C18H28O4. The summed E-state index contributed by atoms with van der Waals surface area (Å²) < 4.78 is 10.1. The Labute approximate surface area is 134 Å². The molecule has 0 aliphatic rings. The van der Waals surface area contributed by atoms with Crippen LogP contribution < -0.4 is 0 Å². The third kappa shape index (κ3) is 6.34. The van der Waals surface area contributed by atoms with Crippen LogP contribution in [0.5, 0.6) is 0 Å². The lowest BCUT2D eigenvalue weighted by molar-refractivity contribution is -0.171. The van der Waals surface area contributed by atoms with Crippen molar-refractivity contribution in [3.8, 4) is 11.8 Å². The molecule has 0 spiro atoms. The number of hydrogen-bond donors (Lipinski definition) is 0. The number of carbonyl (C=O) groups is 2. The summed E-state index contributed by atoms with van der Waals surface area (Å²) in [5.41, 5.74) is -1.35. The molecular weight excluding hydrogens is 280 g/mol. The van der Waals surface area contributed by atoms with Gasteiger partial charge in [-0.2, -0.15) is 0 Å². The number of esters is 2. The number of hydrogen-bond acceptors (Lipinski definition) is 4. The standard InChI is InChI=1S/C18H28O4/c1-7-12-18(15(19)21-8-2,16(20)22-9-3)14-11-10-13-17(4,5)6/h7H,1,8-9,12-14H2,2-6H3. The lowest BCUT2D eigenvalue weighted by atomic mass is 9.81. The normalized spacial score (nSPS) is 11.1. The van der Waals surface area contributed by atoms with Crippen molar-refractivity contribution in [1.82, 2.24) is 0 Å². The molecule has 0 bridgehead atoms. The van der Waals surface area contributed by atoms with Gasteiger partial charge >= 0.3 is 11.9 Å². The molecule has 124 valence electrons. The fourth-order valence-electron chi connectivity index (χ4n) is 1.79. The molecule has 0 radical (unpaired) electrons. The van der Waals surface area contributed by atoms with Crippen molar-refractivity contribution in [2.45, 2.75) is 53.9 Å². The number of carbonyl (C=O) groups excluding carboxylic acids is 2. The Bertz CT molecular complexity index is 428. The molecule has 4 nitrogen and oxygen atoms in total. The zero-order valence-corrected chi connectivity index (χ0v) is 14.5. The molecule has 0 N–H and O–H groups in total. The molecule has 0 unspecified atom stereocenters. The summed E-state index contributed by atoms with van der Waals surface area (Å²) >= 11 is 0. The molecule has 0 rings (SSSR count). The van der Waals surface area contributed by atoms with E-state index in [9.17, 15) is 9.59 Å². The quantitative estimate of drug-likeness (QED) is 0.312. The zero-order chi connectivity index (χ0) is 17.2. The summed E-state index contributed by atoms with van der Waals surface area (Å²) in [7, 11) is 0. The molecule has 0 heterocycles. The second-order valence-corrected chi connectivity index (χ2v) is 6.28. The molecule has 0 aromatic carbocycles. The van der Waals surface area contributed by atoms with Gasteiger partial charge in [0.2, 0.25) is 0 Å². The lowest BCUT2D eigenvalue weighted by Crippen LogP contribution is -2.41. The van der Waals surface area contributed by atoms with E-state index in [1.807, 2.05) is 0 Å². The molecule has 4 heteroatoms. The number of ether oxygens (including phenoxy) is 2. The highest BCUT2D eigenvalue weighted by Crippen LogP contribution is 2.31. The first-order chi connectivity index (χ1) is 10.2. The van der Waals surface area contributed by atoms with Crippen LogP contribution >= 0.6 is 0 Å². The Morgan fingerprint density at radius 2 is 1.45 bits per heavy atom. The topological polar surface area (TPSA) is 52.6 Å². The van der Waals surface area contributed by atoms with Crippen LogP contribution in [0, 0.1) is 22.7 Å². The van der Waals surface area contributed by atoms with E-state index >= 15 is 0 Å². The Kier molecular flexibility index (Phi) is 8.55. The summed E-state index contributed by atoms with van der Waals surface area (Å²) in [6.07, 6.45) is 2.43. The summed E-state index contributed by atoms with van der Waals surface area (Å²) in [6, 6.07) is 0. The van der Waals surface area contributed by atoms with Crippen LogP contribution in [0.4, 0.5) is 0 Å². The van der Waals surface area contributed by atoms with Gasteiger partial charge in [-0.1, -0.05) is 26.8 Å². The van der Waals surface area contributed by atoms with E-state index in [0.29, 0.717) is 6.42 Å². The van der Waals surface area contributed by atoms with Gasteiger partial charge in [0.05, 0.1) is 13.2 Å². The Morgan fingerprint density at radius 3 is 1.82 bits per heavy atom. The van der Waals surface area contributed by atoms with Gasteiger partial charge in [-0.3, -0.25) is 9.59 Å². The van der Waals surface area contributed by atoms with Crippen LogP contribution in [0.15, 0.2) is 12.7 Å². The predicted molar refractivity (Wildman–Crippen MR) is 87.0 cm³/mol. The Hall–Kier alpha value is -1.76. The highest BCUT2D eigenvalue weighted by Gasteiger charge is 2.47. The van der Waals surface area contributed by atoms with Crippen molar-refractivity contribution in [3.63, 3.8) is 0 Å². The third-order valence-corrected chi connectivity index (χ3v) is 2.96. The largest absolute Gasteiger partial charge is 0.465 e. The van der Waals surface area contributed by atoms with Crippen LogP contribution in [0.2, 0.25) is 0 Å². The smallest absolute Gasteiger partial charge is 0.324 e. The SMILES string of the molecule is C=CCC(CC#CCC(C)(C)C)(C(=O)OCC)C(=O)OCC. The van der Waals surface area contributed by atoms with E-state index in [0.717, 1.165) is 0 Å². The Balaban J connectivity index is 5.39. The number of rotatable bonds is 7. The fraction of sp³-hybridized carbons (Fsp3) is 0.667. The molecule has 0 aliphatic heterocycles. The van der Waals surface area contributed by atoms with Gasteiger partial charge in [0, 0.05) is 12.8 Å². The van der Waals surface area contributed by atoms with Crippen LogP contribution in [0.3, 0.4) is 0 Å². The van der Waals surface area contributed by atoms with E-state index in [-0.39, 0.29) is 31.5 Å². The monoisotopic (exact) mass is 308 g/mol. The van der Waals surface area contributed by atoms with E-state index in [4.69, 9.17) is 9.47 Å². The van der Waals surface area contributed by atoms with E-state index in [1.165, 1.54) is 6.08 Å². The average Bonchev–Trinajstić information content (AvgIpc) is 2.41. The van der Waals surface area contributed by atoms with Crippen LogP contribution in [-0.2, 0) is 19.1 Å². The molecule has 0 aromatic heterocycles. The zero-order valence-electron chi connectivity index (χ0n) is 14.5. The van der Waals surface area contributed by atoms with Crippen molar-refractivity contribution in [1.29, 1.82) is 0 Å². The van der Waals surface area contributed by atoms with Gasteiger partial charge < -0.3 is 9.47 Å². The van der Waals surface area contributed by atoms with Crippen LogP contribution in [0.1, 0.15) is 53.9 Å². The van der Waals surface area contributed by atoms with E-state index in [2.05, 4.69) is 39.2 Å². The highest BCUT2D eigenvalue weighted by atomic mass is 16.6. The molecule has 0 fully saturated rings.